The van der Waals surface area contributed by atoms with E-state index in [9.17, 15) is 13.2 Å². The number of halogens is 3. The second kappa shape index (κ2) is 5.31. The van der Waals surface area contributed by atoms with Crippen molar-refractivity contribution < 1.29 is 13.2 Å². The van der Waals surface area contributed by atoms with E-state index in [0.29, 0.717) is 12.2 Å². The van der Waals surface area contributed by atoms with E-state index in [1.54, 1.807) is 6.20 Å². The summed E-state index contributed by atoms with van der Waals surface area (Å²) in [4.78, 5) is 6.60. The summed E-state index contributed by atoms with van der Waals surface area (Å²) in [5.41, 5.74) is 6.51. The largest absolute Gasteiger partial charge is 0.417 e. The fourth-order valence-electron chi connectivity index (χ4n) is 2.63. The van der Waals surface area contributed by atoms with E-state index in [1.807, 2.05) is 0 Å². The molecular formula is C14H17F3N4. The topological polar surface area (TPSA) is 46.6 Å². The monoisotopic (exact) mass is 298 g/mol. The average Bonchev–Trinajstić information content (AvgIpc) is 2.81. The highest BCUT2D eigenvalue weighted by Gasteiger charge is 2.30. The first-order valence-corrected chi connectivity index (χ1v) is 6.94. The van der Waals surface area contributed by atoms with Gasteiger partial charge in [0.25, 0.3) is 0 Å². The van der Waals surface area contributed by atoms with Gasteiger partial charge in [-0.3, -0.25) is 4.90 Å². The summed E-state index contributed by atoms with van der Waals surface area (Å²) in [7, 11) is 0. The molecule has 2 aromatic rings. The van der Waals surface area contributed by atoms with E-state index >= 15 is 0 Å². The molecule has 0 aromatic carbocycles. The first kappa shape index (κ1) is 14.3. The SMILES string of the molecule is NC1CCN(Cc2cn3cc(C(F)(F)F)ccc3n2)CC1. The maximum Gasteiger partial charge on any atom is 0.417 e. The van der Waals surface area contributed by atoms with Crippen LogP contribution in [0.3, 0.4) is 0 Å². The quantitative estimate of drug-likeness (QED) is 0.925. The lowest BCUT2D eigenvalue weighted by molar-refractivity contribution is -0.137. The van der Waals surface area contributed by atoms with Crippen molar-refractivity contribution in [2.75, 3.05) is 13.1 Å². The summed E-state index contributed by atoms with van der Waals surface area (Å²) in [6.45, 7) is 2.46. The molecule has 3 rings (SSSR count). The van der Waals surface area contributed by atoms with Crippen molar-refractivity contribution in [3.63, 3.8) is 0 Å². The second-order valence-electron chi connectivity index (χ2n) is 5.53. The molecule has 21 heavy (non-hydrogen) atoms. The molecule has 2 N–H and O–H groups in total. The van der Waals surface area contributed by atoms with Gasteiger partial charge in [0.05, 0.1) is 11.3 Å². The van der Waals surface area contributed by atoms with Crippen LogP contribution in [0, 0.1) is 0 Å². The Morgan fingerprint density at radius 1 is 1.19 bits per heavy atom. The van der Waals surface area contributed by atoms with Crippen LogP contribution >= 0.6 is 0 Å². The molecular weight excluding hydrogens is 281 g/mol. The van der Waals surface area contributed by atoms with Crippen LogP contribution in [0.4, 0.5) is 13.2 Å². The zero-order valence-corrected chi connectivity index (χ0v) is 11.5. The summed E-state index contributed by atoms with van der Waals surface area (Å²) in [6.07, 6.45) is 0.315. The summed E-state index contributed by atoms with van der Waals surface area (Å²) in [5, 5.41) is 0. The fourth-order valence-corrected chi connectivity index (χ4v) is 2.63. The zero-order valence-electron chi connectivity index (χ0n) is 11.5. The van der Waals surface area contributed by atoms with E-state index in [1.165, 1.54) is 10.5 Å². The van der Waals surface area contributed by atoms with Crippen molar-refractivity contribution in [1.82, 2.24) is 14.3 Å². The molecule has 0 radical (unpaired) electrons. The van der Waals surface area contributed by atoms with Crippen LogP contribution in [0.1, 0.15) is 24.1 Å². The Morgan fingerprint density at radius 3 is 2.57 bits per heavy atom. The molecule has 0 amide bonds. The molecule has 2 aromatic heterocycles. The van der Waals surface area contributed by atoms with E-state index in [4.69, 9.17) is 5.73 Å². The van der Waals surface area contributed by atoms with Gasteiger partial charge in [0.15, 0.2) is 0 Å². The van der Waals surface area contributed by atoms with Gasteiger partial charge in [-0.15, -0.1) is 0 Å². The van der Waals surface area contributed by atoms with Gasteiger partial charge in [-0.1, -0.05) is 0 Å². The summed E-state index contributed by atoms with van der Waals surface area (Å²) in [5.74, 6) is 0. The smallest absolute Gasteiger partial charge is 0.328 e. The Bertz CT molecular complexity index is 627. The van der Waals surface area contributed by atoms with Gasteiger partial charge in [0.2, 0.25) is 0 Å². The fraction of sp³-hybridized carbons (Fsp3) is 0.500. The maximum absolute atomic E-state index is 12.7. The summed E-state index contributed by atoms with van der Waals surface area (Å²) in [6, 6.07) is 2.72. The average molecular weight is 298 g/mol. The molecule has 1 aliphatic heterocycles. The number of piperidine rings is 1. The molecule has 0 unspecified atom stereocenters. The molecule has 7 heteroatoms. The number of hydrogen-bond donors (Lipinski definition) is 1. The van der Waals surface area contributed by atoms with Gasteiger partial charge in [-0.25, -0.2) is 4.98 Å². The van der Waals surface area contributed by atoms with E-state index in [0.717, 1.165) is 43.9 Å². The van der Waals surface area contributed by atoms with Crippen molar-refractivity contribution in [3.8, 4) is 0 Å². The molecule has 114 valence electrons. The molecule has 4 nitrogen and oxygen atoms in total. The standard InChI is InChI=1S/C14H17F3N4/c15-14(16,17)10-1-2-13-19-12(9-21(13)7-10)8-20-5-3-11(18)4-6-20/h1-2,7,9,11H,3-6,8,18H2. The van der Waals surface area contributed by atoms with Crippen LogP contribution in [0.5, 0.6) is 0 Å². The molecule has 0 aliphatic carbocycles. The minimum atomic E-state index is -4.33. The van der Waals surface area contributed by atoms with Gasteiger partial charge in [-0.2, -0.15) is 13.2 Å². The number of imidazole rings is 1. The number of hydrogen-bond acceptors (Lipinski definition) is 3. The van der Waals surface area contributed by atoms with Crippen LogP contribution in [-0.2, 0) is 12.7 Å². The summed E-state index contributed by atoms with van der Waals surface area (Å²) < 4.78 is 39.5. The Hall–Kier alpha value is -1.60. The predicted molar refractivity (Wildman–Crippen MR) is 72.7 cm³/mol. The number of fused-ring (bicyclic) bond motifs is 1. The predicted octanol–water partition coefficient (Wildman–Crippen LogP) is 2.28. The number of alkyl halides is 3. The lowest BCUT2D eigenvalue weighted by atomic mass is 10.1. The molecule has 1 fully saturated rings. The minimum Gasteiger partial charge on any atom is -0.328 e. The number of rotatable bonds is 2. The Morgan fingerprint density at radius 2 is 1.90 bits per heavy atom. The molecule has 1 aliphatic rings. The lowest BCUT2D eigenvalue weighted by Crippen LogP contribution is -2.39. The van der Waals surface area contributed by atoms with Crippen molar-refractivity contribution in [1.29, 1.82) is 0 Å². The Balaban J connectivity index is 1.78. The normalized spacial score (nSPS) is 18.5. The molecule has 1 saturated heterocycles. The van der Waals surface area contributed by atoms with E-state index in [2.05, 4.69) is 9.88 Å². The number of nitrogens with two attached hydrogens (primary N) is 1. The minimum absolute atomic E-state index is 0.261. The zero-order chi connectivity index (χ0) is 15.0. The van der Waals surface area contributed by atoms with Gasteiger partial charge in [0.1, 0.15) is 5.65 Å². The van der Waals surface area contributed by atoms with Crippen LogP contribution < -0.4 is 5.73 Å². The highest BCUT2D eigenvalue weighted by atomic mass is 19.4. The summed E-state index contributed by atoms with van der Waals surface area (Å²) >= 11 is 0. The van der Waals surface area contributed by atoms with Gasteiger partial charge in [0, 0.05) is 38.1 Å². The molecule has 3 heterocycles. The van der Waals surface area contributed by atoms with Crippen LogP contribution in [0.2, 0.25) is 0 Å². The van der Waals surface area contributed by atoms with Crippen molar-refractivity contribution in [3.05, 3.63) is 35.8 Å². The van der Waals surface area contributed by atoms with Crippen LogP contribution in [-0.4, -0.2) is 33.4 Å². The first-order chi connectivity index (χ1) is 9.91. The van der Waals surface area contributed by atoms with Crippen LogP contribution in [0.25, 0.3) is 5.65 Å². The molecule has 0 bridgehead atoms. The maximum atomic E-state index is 12.7. The van der Waals surface area contributed by atoms with E-state index in [-0.39, 0.29) is 6.04 Å². The third kappa shape index (κ3) is 3.19. The van der Waals surface area contributed by atoms with Gasteiger partial charge in [-0.05, 0) is 25.0 Å². The number of pyridine rings is 1. The van der Waals surface area contributed by atoms with Crippen molar-refractivity contribution in [2.45, 2.75) is 31.6 Å². The highest BCUT2D eigenvalue weighted by Crippen LogP contribution is 2.29. The number of nitrogens with zero attached hydrogens (tertiary/aromatic N) is 3. The third-order valence-electron chi connectivity index (χ3n) is 3.85. The van der Waals surface area contributed by atoms with Gasteiger partial charge >= 0.3 is 6.18 Å². The van der Waals surface area contributed by atoms with Crippen molar-refractivity contribution in [2.24, 2.45) is 5.73 Å². The number of likely N-dealkylation sites (tertiary alicyclic amines) is 1. The molecule has 0 atom stereocenters. The van der Waals surface area contributed by atoms with E-state index < -0.39 is 11.7 Å². The number of aromatic nitrogens is 2. The third-order valence-corrected chi connectivity index (χ3v) is 3.85. The molecule has 0 spiro atoms. The van der Waals surface area contributed by atoms with Gasteiger partial charge < -0.3 is 10.1 Å². The lowest BCUT2D eigenvalue weighted by Gasteiger charge is -2.29. The van der Waals surface area contributed by atoms with Crippen molar-refractivity contribution >= 4 is 5.65 Å². The second-order valence-corrected chi connectivity index (χ2v) is 5.53. The Labute approximate surface area is 120 Å². The highest BCUT2D eigenvalue weighted by molar-refractivity contribution is 5.42. The van der Waals surface area contributed by atoms with Crippen LogP contribution in [0.15, 0.2) is 24.5 Å². The first-order valence-electron chi connectivity index (χ1n) is 6.94. The Kier molecular flexibility index (Phi) is 3.62. The molecule has 0 saturated carbocycles.